The number of nitrogen functional groups attached to an aromatic ring is 1. The number of H-pyrrole nitrogens is 1. The predicted molar refractivity (Wildman–Crippen MR) is 60.7 cm³/mol. The quantitative estimate of drug-likeness (QED) is 0.666. The number of nitrogens with zero attached hydrogens (tertiary/aromatic N) is 2. The Labute approximate surface area is 92.4 Å². The molecule has 0 spiro atoms. The molecule has 1 aromatic heterocycles. The summed E-state index contributed by atoms with van der Waals surface area (Å²) < 4.78 is 0. The van der Waals surface area contributed by atoms with Crippen molar-refractivity contribution in [3.8, 4) is 0 Å². The van der Waals surface area contributed by atoms with Gasteiger partial charge in [0.15, 0.2) is 0 Å². The zero-order chi connectivity index (χ0) is 11.3. The van der Waals surface area contributed by atoms with Crippen molar-refractivity contribution in [2.24, 2.45) is 5.92 Å². The van der Waals surface area contributed by atoms with Crippen LogP contribution in [0.1, 0.15) is 17.5 Å². The van der Waals surface area contributed by atoms with Gasteiger partial charge in [0.05, 0.1) is 0 Å². The first-order chi connectivity index (χ1) is 7.13. The van der Waals surface area contributed by atoms with E-state index in [2.05, 4.69) is 27.4 Å². The summed E-state index contributed by atoms with van der Waals surface area (Å²) in [5, 5.41) is 8.79. The lowest BCUT2D eigenvalue weighted by molar-refractivity contribution is 0.0939. The van der Waals surface area contributed by atoms with Crippen LogP contribution in [0.15, 0.2) is 0 Å². The number of rotatable bonds is 5. The Hall–Kier alpha value is -1.24. The molecule has 0 fully saturated rings. The minimum Gasteiger partial charge on any atom is -0.366 e. The molecule has 1 heterocycles. The number of anilines is 1. The van der Waals surface area contributed by atoms with Crippen molar-refractivity contribution in [1.82, 2.24) is 20.5 Å². The molecule has 0 aliphatic heterocycles. The Balaban J connectivity index is 2.36. The second-order valence-electron chi connectivity index (χ2n) is 3.31. The fourth-order valence-electron chi connectivity index (χ4n) is 1.07. The lowest BCUT2D eigenvalue weighted by atomic mass is 10.2. The Morgan fingerprint density at radius 1 is 1.73 bits per heavy atom. The average Bonchev–Trinajstić information content (AvgIpc) is 2.62. The zero-order valence-corrected chi connectivity index (χ0v) is 9.60. The molecule has 4 N–H and O–H groups in total. The van der Waals surface area contributed by atoms with Crippen molar-refractivity contribution in [2.75, 3.05) is 24.3 Å². The van der Waals surface area contributed by atoms with Gasteiger partial charge in [-0.2, -0.15) is 16.7 Å². The molecule has 0 bridgehead atoms. The van der Waals surface area contributed by atoms with Crippen LogP contribution >= 0.6 is 11.8 Å². The summed E-state index contributed by atoms with van der Waals surface area (Å²) in [6.07, 6.45) is 2.04. The van der Waals surface area contributed by atoms with E-state index in [1.54, 1.807) is 11.8 Å². The van der Waals surface area contributed by atoms with Crippen molar-refractivity contribution in [3.63, 3.8) is 0 Å². The Kier molecular flexibility index (Phi) is 4.41. The molecule has 15 heavy (non-hydrogen) atoms. The topological polar surface area (TPSA) is 96.7 Å². The van der Waals surface area contributed by atoms with E-state index in [4.69, 9.17) is 5.73 Å². The van der Waals surface area contributed by atoms with E-state index >= 15 is 0 Å². The maximum atomic E-state index is 11.5. The van der Waals surface area contributed by atoms with Gasteiger partial charge in [0, 0.05) is 6.54 Å². The normalized spacial score (nSPS) is 12.4. The van der Waals surface area contributed by atoms with Gasteiger partial charge in [0.2, 0.25) is 11.8 Å². The lowest BCUT2D eigenvalue weighted by Crippen LogP contribution is -2.29. The molecule has 0 saturated carbocycles. The molecule has 1 unspecified atom stereocenters. The standard InChI is InChI=1S/C8H15N5OS/c1-5(4-15-2)3-10-7(14)6-11-8(9)13-12-6/h5H,3-4H2,1-2H3,(H,10,14)(H3,9,11,12,13). The Morgan fingerprint density at radius 2 is 2.47 bits per heavy atom. The summed E-state index contributed by atoms with van der Waals surface area (Å²) in [5.41, 5.74) is 5.28. The number of nitrogens with two attached hydrogens (primary N) is 1. The van der Waals surface area contributed by atoms with E-state index in [0.717, 1.165) is 5.75 Å². The number of carbonyl (C=O) groups excluding carboxylic acids is 1. The van der Waals surface area contributed by atoms with Gasteiger partial charge in [-0.25, -0.2) is 0 Å². The Morgan fingerprint density at radius 3 is 3.00 bits per heavy atom. The first-order valence-corrected chi connectivity index (χ1v) is 5.98. The summed E-state index contributed by atoms with van der Waals surface area (Å²) in [4.78, 5) is 15.2. The monoisotopic (exact) mass is 229 g/mol. The average molecular weight is 229 g/mol. The molecular weight excluding hydrogens is 214 g/mol. The summed E-state index contributed by atoms with van der Waals surface area (Å²) in [5.74, 6) is 1.41. The van der Waals surface area contributed by atoms with Gasteiger partial charge in [0.1, 0.15) is 0 Å². The van der Waals surface area contributed by atoms with E-state index in [0.29, 0.717) is 12.5 Å². The third-order valence-corrected chi connectivity index (χ3v) is 2.68. The molecule has 6 nitrogen and oxygen atoms in total. The number of aromatic amines is 1. The van der Waals surface area contributed by atoms with E-state index in [9.17, 15) is 4.79 Å². The SMILES string of the molecule is CSCC(C)CNC(=O)c1nc(N)n[nH]1. The Bertz CT molecular complexity index is 327. The molecule has 1 amide bonds. The van der Waals surface area contributed by atoms with Gasteiger partial charge >= 0.3 is 0 Å². The number of thioether (sulfide) groups is 1. The van der Waals surface area contributed by atoms with Gasteiger partial charge in [0.25, 0.3) is 5.91 Å². The summed E-state index contributed by atoms with van der Waals surface area (Å²) >= 11 is 1.75. The van der Waals surface area contributed by atoms with Crippen LogP contribution in [0.4, 0.5) is 5.95 Å². The fourth-order valence-corrected chi connectivity index (χ4v) is 1.76. The van der Waals surface area contributed by atoms with Crippen LogP contribution in [0.2, 0.25) is 0 Å². The highest BCUT2D eigenvalue weighted by atomic mass is 32.2. The van der Waals surface area contributed by atoms with Gasteiger partial charge in [-0.1, -0.05) is 6.92 Å². The summed E-state index contributed by atoms with van der Waals surface area (Å²) in [6.45, 7) is 2.70. The van der Waals surface area contributed by atoms with Crippen molar-refractivity contribution < 1.29 is 4.79 Å². The van der Waals surface area contributed by atoms with Crippen LogP contribution in [0.25, 0.3) is 0 Å². The highest BCUT2D eigenvalue weighted by Gasteiger charge is 2.11. The van der Waals surface area contributed by atoms with Crippen molar-refractivity contribution in [3.05, 3.63) is 5.82 Å². The zero-order valence-electron chi connectivity index (χ0n) is 8.78. The van der Waals surface area contributed by atoms with Crippen LogP contribution in [0, 0.1) is 5.92 Å². The number of hydrogen-bond acceptors (Lipinski definition) is 5. The second kappa shape index (κ2) is 5.59. The molecule has 1 atom stereocenters. The van der Waals surface area contributed by atoms with Crippen LogP contribution in [0.5, 0.6) is 0 Å². The van der Waals surface area contributed by atoms with E-state index in [-0.39, 0.29) is 17.7 Å². The minimum atomic E-state index is -0.271. The number of nitrogens with one attached hydrogen (secondary N) is 2. The summed E-state index contributed by atoms with van der Waals surface area (Å²) in [7, 11) is 0. The predicted octanol–water partition coefficient (Wildman–Crippen LogP) is 0.116. The smallest absolute Gasteiger partial charge is 0.288 e. The number of amides is 1. The highest BCUT2D eigenvalue weighted by Crippen LogP contribution is 2.03. The number of carbonyl (C=O) groups is 1. The highest BCUT2D eigenvalue weighted by molar-refractivity contribution is 7.98. The van der Waals surface area contributed by atoms with Gasteiger partial charge in [-0.05, 0) is 17.9 Å². The third kappa shape index (κ3) is 3.78. The lowest BCUT2D eigenvalue weighted by Gasteiger charge is -2.09. The van der Waals surface area contributed by atoms with Crippen molar-refractivity contribution >= 4 is 23.6 Å². The van der Waals surface area contributed by atoms with Crippen LogP contribution in [-0.2, 0) is 0 Å². The molecule has 0 saturated heterocycles. The minimum absolute atomic E-state index is 0.0808. The van der Waals surface area contributed by atoms with E-state index < -0.39 is 0 Å². The largest absolute Gasteiger partial charge is 0.366 e. The maximum absolute atomic E-state index is 11.5. The van der Waals surface area contributed by atoms with E-state index in [1.165, 1.54) is 0 Å². The molecule has 1 rings (SSSR count). The van der Waals surface area contributed by atoms with Crippen molar-refractivity contribution in [1.29, 1.82) is 0 Å². The first-order valence-electron chi connectivity index (χ1n) is 4.58. The van der Waals surface area contributed by atoms with Crippen LogP contribution in [-0.4, -0.2) is 39.6 Å². The number of aromatic nitrogens is 3. The van der Waals surface area contributed by atoms with Crippen molar-refractivity contribution in [2.45, 2.75) is 6.92 Å². The second-order valence-corrected chi connectivity index (χ2v) is 4.22. The van der Waals surface area contributed by atoms with Crippen LogP contribution in [0.3, 0.4) is 0 Å². The molecule has 0 aliphatic rings. The molecule has 0 aromatic carbocycles. The van der Waals surface area contributed by atoms with Gasteiger partial charge in [-0.15, -0.1) is 5.10 Å². The molecule has 84 valence electrons. The number of hydrogen-bond donors (Lipinski definition) is 3. The third-order valence-electron chi connectivity index (χ3n) is 1.78. The first kappa shape index (κ1) is 11.8. The van der Waals surface area contributed by atoms with Gasteiger partial charge < -0.3 is 11.1 Å². The summed E-state index contributed by atoms with van der Waals surface area (Å²) in [6, 6.07) is 0. The molecule has 1 aromatic rings. The molecule has 7 heteroatoms. The maximum Gasteiger partial charge on any atom is 0.288 e. The fraction of sp³-hybridized carbons (Fsp3) is 0.625. The van der Waals surface area contributed by atoms with Gasteiger partial charge in [-0.3, -0.25) is 9.89 Å². The molecule has 0 radical (unpaired) electrons. The van der Waals surface area contributed by atoms with Crippen LogP contribution < -0.4 is 11.1 Å². The van der Waals surface area contributed by atoms with E-state index in [1.807, 2.05) is 6.26 Å². The molecule has 0 aliphatic carbocycles. The molecular formula is C8H15N5OS.